The summed E-state index contributed by atoms with van der Waals surface area (Å²) in [5.74, 6) is 0.767. The first-order valence-corrected chi connectivity index (χ1v) is 10.5. The van der Waals surface area contributed by atoms with Crippen molar-refractivity contribution in [3.8, 4) is 5.75 Å². The van der Waals surface area contributed by atoms with Crippen LogP contribution in [0.2, 0.25) is 0 Å². The number of hydrogen-bond donors (Lipinski definition) is 1. The number of nitrogens with one attached hydrogen (secondary N) is 1. The van der Waals surface area contributed by atoms with E-state index in [1.54, 1.807) is 24.1 Å². The Kier molecular flexibility index (Phi) is 5.07. The third-order valence-electron chi connectivity index (χ3n) is 5.85. The van der Waals surface area contributed by atoms with Gasteiger partial charge in [-0.15, -0.1) is 0 Å². The Labute approximate surface area is 179 Å². The summed E-state index contributed by atoms with van der Waals surface area (Å²) in [4.78, 5) is 32.7. The highest BCUT2D eigenvalue weighted by Crippen LogP contribution is 2.37. The summed E-state index contributed by atoms with van der Waals surface area (Å²) in [6.45, 7) is 1.17. The van der Waals surface area contributed by atoms with Gasteiger partial charge in [-0.3, -0.25) is 19.1 Å². The smallest absolute Gasteiger partial charge is 0.253 e. The summed E-state index contributed by atoms with van der Waals surface area (Å²) in [5.41, 5.74) is 2.22. The van der Waals surface area contributed by atoms with Crippen molar-refractivity contribution in [1.29, 1.82) is 0 Å². The summed E-state index contributed by atoms with van der Waals surface area (Å²) in [7, 11) is 1.55. The maximum absolute atomic E-state index is 13.4. The third-order valence-corrected chi connectivity index (χ3v) is 5.85. The van der Waals surface area contributed by atoms with Gasteiger partial charge >= 0.3 is 0 Å². The molecule has 1 saturated heterocycles. The Morgan fingerprint density at radius 2 is 2.03 bits per heavy atom. The van der Waals surface area contributed by atoms with Crippen molar-refractivity contribution in [2.24, 2.45) is 0 Å². The summed E-state index contributed by atoms with van der Waals surface area (Å²) in [6, 6.07) is 14.2. The number of para-hydroxylation sites is 4. The van der Waals surface area contributed by atoms with Gasteiger partial charge in [-0.1, -0.05) is 24.3 Å². The lowest BCUT2D eigenvalue weighted by Gasteiger charge is -2.19. The molecule has 1 aromatic heterocycles. The van der Waals surface area contributed by atoms with E-state index in [1.807, 2.05) is 41.0 Å². The second-order valence-electron chi connectivity index (χ2n) is 7.82. The van der Waals surface area contributed by atoms with Crippen molar-refractivity contribution < 1.29 is 19.1 Å². The van der Waals surface area contributed by atoms with Crippen LogP contribution in [-0.4, -0.2) is 47.7 Å². The Balaban J connectivity index is 1.44. The van der Waals surface area contributed by atoms with Crippen LogP contribution in [0.1, 0.15) is 25.3 Å². The molecule has 2 aliphatic heterocycles. The predicted octanol–water partition coefficient (Wildman–Crippen LogP) is 3.14. The average molecular weight is 420 g/mol. The van der Waals surface area contributed by atoms with Crippen LogP contribution in [0.5, 0.6) is 5.75 Å². The Morgan fingerprint density at radius 3 is 2.84 bits per heavy atom. The van der Waals surface area contributed by atoms with Crippen LogP contribution in [0.3, 0.4) is 0 Å². The summed E-state index contributed by atoms with van der Waals surface area (Å²) in [5, 5.41) is 2.87. The number of benzene rings is 2. The number of methoxy groups -OCH3 is 1. The van der Waals surface area contributed by atoms with Gasteiger partial charge in [0.05, 0.1) is 42.9 Å². The van der Waals surface area contributed by atoms with Crippen LogP contribution in [-0.2, 0) is 14.3 Å². The summed E-state index contributed by atoms with van der Waals surface area (Å²) < 4.78 is 12.9. The van der Waals surface area contributed by atoms with E-state index in [0.29, 0.717) is 30.5 Å². The fraction of sp³-hybridized carbons (Fsp3) is 0.348. The largest absolute Gasteiger partial charge is 0.495 e. The van der Waals surface area contributed by atoms with Gasteiger partial charge in [-0.25, -0.2) is 4.98 Å². The van der Waals surface area contributed by atoms with E-state index in [-0.39, 0.29) is 24.3 Å². The van der Waals surface area contributed by atoms with E-state index in [9.17, 15) is 9.59 Å². The number of imidazole rings is 1. The molecular weight excluding hydrogens is 396 g/mol. The zero-order chi connectivity index (χ0) is 21.4. The van der Waals surface area contributed by atoms with Crippen LogP contribution in [0.25, 0.3) is 11.0 Å². The standard InChI is InChI=1S/C23H24N4O4/c1-30-20-11-5-3-9-17(20)24-21(28)13-19-22(29)26(14-15-7-6-12-31-15)23-25-16-8-2-4-10-18(16)27(19)23/h2-5,8-11,15,19H,6-7,12-14H2,1H3,(H,24,28)/t15-,19+/m1/s1. The maximum atomic E-state index is 13.4. The summed E-state index contributed by atoms with van der Waals surface area (Å²) >= 11 is 0. The van der Waals surface area contributed by atoms with Gasteiger partial charge in [0.2, 0.25) is 11.9 Å². The molecule has 2 atom stereocenters. The molecule has 31 heavy (non-hydrogen) atoms. The fourth-order valence-electron chi connectivity index (χ4n) is 4.39. The molecule has 3 aromatic rings. The number of carbonyl (C=O) groups excluding carboxylic acids is 2. The highest BCUT2D eigenvalue weighted by molar-refractivity contribution is 6.05. The molecule has 0 spiro atoms. The Hall–Kier alpha value is -3.39. The molecule has 0 aliphatic carbocycles. The molecule has 0 radical (unpaired) electrons. The van der Waals surface area contributed by atoms with E-state index in [0.717, 1.165) is 23.9 Å². The van der Waals surface area contributed by atoms with Gasteiger partial charge < -0.3 is 14.8 Å². The van der Waals surface area contributed by atoms with Crippen molar-refractivity contribution in [1.82, 2.24) is 9.55 Å². The van der Waals surface area contributed by atoms with Crippen molar-refractivity contribution in [2.75, 3.05) is 30.5 Å². The number of aromatic nitrogens is 2. The lowest BCUT2D eigenvalue weighted by molar-refractivity contribution is -0.124. The van der Waals surface area contributed by atoms with Crippen LogP contribution < -0.4 is 15.0 Å². The molecule has 8 nitrogen and oxygen atoms in total. The van der Waals surface area contributed by atoms with Gasteiger partial charge in [0.1, 0.15) is 11.8 Å². The number of carbonyl (C=O) groups is 2. The molecule has 0 bridgehead atoms. The predicted molar refractivity (Wildman–Crippen MR) is 116 cm³/mol. The molecular formula is C23H24N4O4. The molecule has 5 rings (SSSR count). The highest BCUT2D eigenvalue weighted by Gasteiger charge is 2.42. The first-order valence-electron chi connectivity index (χ1n) is 10.5. The van der Waals surface area contributed by atoms with Gasteiger partial charge in [0.25, 0.3) is 5.91 Å². The van der Waals surface area contributed by atoms with Gasteiger partial charge in [0.15, 0.2) is 0 Å². The van der Waals surface area contributed by atoms with Crippen molar-refractivity contribution >= 4 is 34.5 Å². The van der Waals surface area contributed by atoms with Gasteiger partial charge in [-0.05, 0) is 37.1 Å². The molecule has 0 unspecified atom stereocenters. The molecule has 160 valence electrons. The van der Waals surface area contributed by atoms with Crippen LogP contribution in [0.4, 0.5) is 11.6 Å². The number of anilines is 2. The number of rotatable bonds is 6. The minimum Gasteiger partial charge on any atom is -0.495 e. The van der Waals surface area contributed by atoms with E-state index in [1.165, 1.54) is 0 Å². The van der Waals surface area contributed by atoms with Crippen LogP contribution in [0, 0.1) is 0 Å². The quantitative estimate of drug-likeness (QED) is 0.662. The fourth-order valence-corrected chi connectivity index (χ4v) is 4.39. The molecule has 3 heterocycles. The lowest BCUT2D eigenvalue weighted by atomic mass is 10.1. The normalized spacial score (nSPS) is 20.3. The van der Waals surface area contributed by atoms with E-state index >= 15 is 0 Å². The number of amides is 2. The third kappa shape index (κ3) is 3.53. The molecule has 2 amide bonds. The van der Waals surface area contributed by atoms with Crippen LogP contribution in [0.15, 0.2) is 48.5 Å². The Morgan fingerprint density at radius 1 is 1.23 bits per heavy atom. The molecule has 0 saturated carbocycles. The lowest BCUT2D eigenvalue weighted by Crippen LogP contribution is -2.37. The minimum absolute atomic E-state index is 0.00151. The van der Waals surface area contributed by atoms with Crippen molar-refractivity contribution in [2.45, 2.75) is 31.4 Å². The maximum Gasteiger partial charge on any atom is 0.253 e. The Bertz CT molecular complexity index is 1140. The van der Waals surface area contributed by atoms with E-state index < -0.39 is 6.04 Å². The molecule has 2 aliphatic rings. The number of ether oxygens (including phenoxy) is 2. The second-order valence-corrected chi connectivity index (χ2v) is 7.82. The topological polar surface area (TPSA) is 85.7 Å². The number of fused-ring (bicyclic) bond motifs is 3. The zero-order valence-electron chi connectivity index (χ0n) is 17.3. The minimum atomic E-state index is -0.654. The highest BCUT2D eigenvalue weighted by atomic mass is 16.5. The van der Waals surface area contributed by atoms with E-state index in [2.05, 4.69) is 5.32 Å². The van der Waals surface area contributed by atoms with Crippen LogP contribution >= 0.6 is 0 Å². The van der Waals surface area contributed by atoms with E-state index in [4.69, 9.17) is 14.5 Å². The molecule has 8 heteroatoms. The van der Waals surface area contributed by atoms with Crippen molar-refractivity contribution in [3.05, 3.63) is 48.5 Å². The second kappa shape index (κ2) is 8.03. The molecule has 2 aromatic carbocycles. The number of hydrogen-bond acceptors (Lipinski definition) is 5. The number of nitrogens with zero attached hydrogens (tertiary/aromatic N) is 3. The molecule has 1 N–H and O–H groups in total. The van der Waals surface area contributed by atoms with Crippen molar-refractivity contribution in [3.63, 3.8) is 0 Å². The first-order chi connectivity index (χ1) is 15.2. The van der Waals surface area contributed by atoms with Gasteiger partial charge in [-0.2, -0.15) is 0 Å². The first kappa shape index (κ1) is 19.6. The molecule has 1 fully saturated rings. The zero-order valence-corrected chi connectivity index (χ0v) is 17.3. The van der Waals surface area contributed by atoms with Gasteiger partial charge in [0, 0.05) is 6.61 Å². The summed E-state index contributed by atoms with van der Waals surface area (Å²) in [6.07, 6.45) is 1.92. The monoisotopic (exact) mass is 420 g/mol. The average Bonchev–Trinajstić information content (AvgIpc) is 3.48. The SMILES string of the molecule is COc1ccccc1NC(=O)C[C@H]1C(=O)N(C[C@H]2CCCO2)c2nc3ccccc3n21.